The zero-order chi connectivity index (χ0) is 16.2. The van der Waals surface area contributed by atoms with Crippen LogP contribution in [0.2, 0.25) is 0 Å². The Balaban J connectivity index is 1.48. The molecule has 0 aromatic carbocycles. The number of nitro groups is 1. The van der Waals surface area contributed by atoms with Gasteiger partial charge in [0, 0.05) is 26.2 Å². The van der Waals surface area contributed by atoms with Crippen LogP contribution in [0.4, 0.5) is 5.69 Å². The maximum Gasteiger partial charge on any atom is 0.307 e. The van der Waals surface area contributed by atoms with Crippen LogP contribution in [0, 0.1) is 10.1 Å². The zero-order valence-electron chi connectivity index (χ0n) is 12.5. The lowest BCUT2D eigenvalue weighted by atomic mass is 10.3. The summed E-state index contributed by atoms with van der Waals surface area (Å²) >= 11 is 0. The third-order valence-electron chi connectivity index (χ3n) is 3.81. The molecule has 1 amide bonds. The largest absolute Gasteiger partial charge is 0.468 e. The summed E-state index contributed by atoms with van der Waals surface area (Å²) in [7, 11) is 0. The second kappa shape index (κ2) is 6.61. The first-order valence-corrected chi connectivity index (χ1v) is 7.31. The van der Waals surface area contributed by atoms with E-state index in [-0.39, 0.29) is 18.1 Å². The molecule has 0 spiro atoms. The maximum atomic E-state index is 12.2. The lowest BCUT2D eigenvalue weighted by Crippen LogP contribution is -2.49. The molecule has 9 heteroatoms. The highest BCUT2D eigenvalue weighted by molar-refractivity contribution is 5.76. The van der Waals surface area contributed by atoms with Crippen molar-refractivity contribution >= 4 is 11.6 Å². The number of piperazine rings is 1. The van der Waals surface area contributed by atoms with E-state index in [9.17, 15) is 14.9 Å². The van der Waals surface area contributed by atoms with E-state index in [1.54, 1.807) is 11.2 Å². The van der Waals surface area contributed by atoms with Crippen molar-refractivity contribution in [1.29, 1.82) is 0 Å². The minimum atomic E-state index is -0.526. The summed E-state index contributed by atoms with van der Waals surface area (Å²) in [6.45, 7) is 3.55. The van der Waals surface area contributed by atoms with Crippen molar-refractivity contribution in [3.05, 3.63) is 46.7 Å². The molecule has 3 rings (SSSR count). The number of amides is 1. The third kappa shape index (κ3) is 3.75. The Morgan fingerprint density at radius 2 is 2.13 bits per heavy atom. The summed E-state index contributed by atoms with van der Waals surface area (Å²) in [6.07, 6.45) is 4.07. The van der Waals surface area contributed by atoms with Gasteiger partial charge >= 0.3 is 5.69 Å². The second-order valence-corrected chi connectivity index (χ2v) is 5.39. The Kier molecular flexibility index (Phi) is 4.38. The Morgan fingerprint density at radius 1 is 1.35 bits per heavy atom. The molecule has 9 nitrogen and oxygen atoms in total. The molecule has 1 saturated heterocycles. The molecule has 0 atom stereocenters. The second-order valence-electron chi connectivity index (χ2n) is 5.39. The quantitative estimate of drug-likeness (QED) is 0.595. The van der Waals surface area contributed by atoms with Gasteiger partial charge in [-0.25, -0.2) is 0 Å². The first kappa shape index (κ1) is 15.2. The highest BCUT2D eigenvalue weighted by atomic mass is 16.6. The first-order chi connectivity index (χ1) is 11.1. The van der Waals surface area contributed by atoms with Crippen molar-refractivity contribution in [2.45, 2.75) is 13.1 Å². The minimum absolute atomic E-state index is 0.0199. The first-order valence-electron chi connectivity index (χ1n) is 7.31. The Labute approximate surface area is 132 Å². The monoisotopic (exact) mass is 319 g/mol. The fourth-order valence-corrected chi connectivity index (χ4v) is 2.55. The van der Waals surface area contributed by atoms with Crippen LogP contribution in [0.15, 0.2) is 35.2 Å². The molecule has 2 aromatic heterocycles. The topological polar surface area (TPSA) is 97.6 Å². The van der Waals surface area contributed by atoms with E-state index >= 15 is 0 Å². The molecule has 0 bridgehead atoms. The maximum absolute atomic E-state index is 12.2. The molecule has 0 aliphatic carbocycles. The van der Waals surface area contributed by atoms with Gasteiger partial charge in [0.1, 0.15) is 24.7 Å². The van der Waals surface area contributed by atoms with Crippen LogP contribution in [0.1, 0.15) is 5.76 Å². The predicted octanol–water partition coefficient (Wildman–Crippen LogP) is 0.729. The van der Waals surface area contributed by atoms with Crippen LogP contribution in [-0.2, 0) is 17.9 Å². The molecule has 0 N–H and O–H groups in total. The van der Waals surface area contributed by atoms with Crippen molar-refractivity contribution < 1.29 is 14.1 Å². The number of nitrogens with zero attached hydrogens (tertiary/aromatic N) is 5. The van der Waals surface area contributed by atoms with Crippen LogP contribution in [-0.4, -0.2) is 56.6 Å². The standard InChI is InChI=1S/C14H17N5O4/c20-14(11-18-9-12(8-15-18)19(21)22)17-5-3-16(4-6-17)10-13-2-1-7-23-13/h1-2,7-9H,3-6,10-11H2. The zero-order valence-corrected chi connectivity index (χ0v) is 12.5. The van der Waals surface area contributed by atoms with E-state index in [0.29, 0.717) is 13.1 Å². The summed E-state index contributed by atoms with van der Waals surface area (Å²) in [6, 6.07) is 3.79. The summed E-state index contributed by atoms with van der Waals surface area (Å²) in [5.41, 5.74) is -0.110. The number of rotatable bonds is 5. The SMILES string of the molecule is O=C(Cn1cc([N+](=O)[O-])cn1)N1CCN(Cc2ccco2)CC1. The molecule has 1 fully saturated rings. The lowest BCUT2D eigenvalue weighted by molar-refractivity contribution is -0.385. The van der Waals surface area contributed by atoms with Gasteiger partial charge in [-0.05, 0) is 12.1 Å². The van der Waals surface area contributed by atoms with Gasteiger partial charge in [-0.1, -0.05) is 0 Å². The minimum Gasteiger partial charge on any atom is -0.468 e. The van der Waals surface area contributed by atoms with Gasteiger partial charge in [0.25, 0.3) is 0 Å². The van der Waals surface area contributed by atoms with E-state index in [0.717, 1.165) is 31.6 Å². The summed E-state index contributed by atoms with van der Waals surface area (Å²) in [5.74, 6) is 0.828. The van der Waals surface area contributed by atoms with Crippen molar-refractivity contribution in [3.8, 4) is 0 Å². The summed E-state index contributed by atoms with van der Waals surface area (Å²) < 4.78 is 6.62. The van der Waals surface area contributed by atoms with Gasteiger partial charge < -0.3 is 9.32 Å². The molecule has 1 aliphatic heterocycles. The molecule has 0 radical (unpaired) electrons. The fraction of sp³-hybridized carbons (Fsp3) is 0.429. The van der Waals surface area contributed by atoms with E-state index < -0.39 is 4.92 Å². The van der Waals surface area contributed by atoms with Crippen LogP contribution < -0.4 is 0 Å². The smallest absolute Gasteiger partial charge is 0.307 e. The van der Waals surface area contributed by atoms with E-state index in [2.05, 4.69) is 10.00 Å². The number of furan rings is 1. The molecule has 0 unspecified atom stereocenters. The number of carbonyl (C=O) groups excluding carboxylic acids is 1. The molecule has 122 valence electrons. The van der Waals surface area contributed by atoms with Gasteiger partial charge in [-0.2, -0.15) is 5.10 Å². The molecule has 2 aromatic rings. The summed E-state index contributed by atoms with van der Waals surface area (Å²) in [5, 5.41) is 14.5. The van der Waals surface area contributed by atoms with Crippen molar-refractivity contribution in [2.75, 3.05) is 26.2 Å². The van der Waals surface area contributed by atoms with Crippen molar-refractivity contribution in [1.82, 2.24) is 19.6 Å². The number of carbonyl (C=O) groups is 1. The van der Waals surface area contributed by atoms with Crippen LogP contribution >= 0.6 is 0 Å². The van der Waals surface area contributed by atoms with E-state index in [4.69, 9.17) is 4.42 Å². The van der Waals surface area contributed by atoms with E-state index in [1.165, 1.54) is 10.9 Å². The van der Waals surface area contributed by atoms with Crippen LogP contribution in [0.3, 0.4) is 0 Å². The molecule has 3 heterocycles. The average molecular weight is 319 g/mol. The van der Waals surface area contributed by atoms with Crippen LogP contribution in [0.25, 0.3) is 0 Å². The molecular weight excluding hydrogens is 302 g/mol. The number of aromatic nitrogens is 2. The van der Waals surface area contributed by atoms with Gasteiger partial charge in [-0.3, -0.25) is 24.5 Å². The average Bonchev–Trinajstić information content (AvgIpc) is 3.19. The van der Waals surface area contributed by atoms with Gasteiger partial charge in [0.2, 0.25) is 5.91 Å². The third-order valence-corrected chi connectivity index (χ3v) is 3.81. The summed E-state index contributed by atoms with van der Waals surface area (Å²) in [4.78, 5) is 26.3. The lowest BCUT2D eigenvalue weighted by Gasteiger charge is -2.34. The fourth-order valence-electron chi connectivity index (χ4n) is 2.55. The Morgan fingerprint density at radius 3 is 2.74 bits per heavy atom. The number of hydrogen-bond acceptors (Lipinski definition) is 6. The Bertz CT molecular complexity index is 673. The highest BCUT2D eigenvalue weighted by Gasteiger charge is 2.22. The van der Waals surface area contributed by atoms with Crippen molar-refractivity contribution in [2.24, 2.45) is 0 Å². The molecule has 1 aliphatic rings. The highest BCUT2D eigenvalue weighted by Crippen LogP contribution is 2.11. The molecular formula is C14H17N5O4. The predicted molar refractivity (Wildman–Crippen MR) is 79.4 cm³/mol. The van der Waals surface area contributed by atoms with Gasteiger partial charge in [0.15, 0.2) is 0 Å². The molecule has 23 heavy (non-hydrogen) atoms. The van der Waals surface area contributed by atoms with Gasteiger partial charge in [0.05, 0.1) is 17.7 Å². The van der Waals surface area contributed by atoms with Crippen LogP contribution in [0.5, 0.6) is 0 Å². The van der Waals surface area contributed by atoms with E-state index in [1.807, 2.05) is 12.1 Å². The van der Waals surface area contributed by atoms with Crippen molar-refractivity contribution in [3.63, 3.8) is 0 Å². The number of hydrogen-bond donors (Lipinski definition) is 0. The Hall–Kier alpha value is -2.68. The molecule has 0 saturated carbocycles. The van der Waals surface area contributed by atoms with Gasteiger partial charge in [-0.15, -0.1) is 0 Å². The normalized spacial score (nSPS) is 15.7.